The van der Waals surface area contributed by atoms with Crippen LogP contribution in [0.5, 0.6) is 0 Å². The highest BCUT2D eigenvalue weighted by atomic mass is 16.5. The van der Waals surface area contributed by atoms with E-state index in [0.717, 1.165) is 38.2 Å². The summed E-state index contributed by atoms with van der Waals surface area (Å²) in [6.07, 6.45) is 3.35. The molecule has 0 aromatic carbocycles. The Hall–Kier alpha value is -0.570. The molecule has 3 heteroatoms. The lowest BCUT2D eigenvalue weighted by molar-refractivity contribution is 0.203. The second-order valence-electron chi connectivity index (χ2n) is 4.00. The van der Waals surface area contributed by atoms with E-state index in [1.165, 1.54) is 0 Å². The average molecular weight is 184 g/mol. The van der Waals surface area contributed by atoms with Gasteiger partial charge < -0.3 is 10.5 Å². The summed E-state index contributed by atoms with van der Waals surface area (Å²) in [6.45, 7) is 5.94. The van der Waals surface area contributed by atoms with Crippen LogP contribution in [-0.4, -0.2) is 25.1 Å². The molecule has 0 spiro atoms. The van der Waals surface area contributed by atoms with E-state index in [-0.39, 0.29) is 0 Å². The molecule has 1 rings (SSSR count). The van der Waals surface area contributed by atoms with Gasteiger partial charge in [0.2, 0.25) is 0 Å². The van der Waals surface area contributed by atoms with Gasteiger partial charge in [-0.25, -0.2) is 0 Å². The third kappa shape index (κ3) is 3.77. The molecule has 1 unspecified atom stereocenters. The van der Waals surface area contributed by atoms with Crippen molar-refractivity contribution in [1.29, 1.82) is 0 Å². The van der Waals surface area contributed by atoms with E-state index in [1.54, 1.807) is 0 Å². The average Bonchev–Trinajstić information content (AvgIpc) is 2.48. The summed E-state index contributed by atoms with van der Waals surface area (Å²) in [4.78, 5) is 4.36. The monoisotopic (exact) mass is 184 g/mol. The second kappa shape index (κ2) is 5.22. The largest absolute Gasteiger partial charge is 0.476 e. The number of hydrogen-bond donors (Lipinski definition) is 1. The van der Waals surface area contributed by atoms with Gasteiger partial charge in [0.25, 0.3) is 0 Å². The Balaban J connectivity index is 2.18. The summed E-state index contributed by atoms with van der Waals surface area (Å²) in [5, 5.41) is 0. The fourth-order valence-electron chi connectivity index (χ4n) is 1.43. The minimum atomic E-state index is 0.303. The summed E-state index contributed by atoms with van der Waals surface area (Å²) in [6, 6.07) is 0. The van der Waals surface area contributed by atoms with Gasteiger partial charge >= 0.3 is 0 Å². The first-order chi connectivity index (χ1) is 6.22. The lowest BCUT2D eigenvalue weighted by Crippen LogP contribution is -2.15. The van der Waals surface area contributed by atoms with Crippen LogP contribution in [0.15, 0.2) is 4.99 Å². The Morgan fingerprint density at radius 2 is 2.38 bits per heavy atom. The predicted molar refractivity (Wildman–Crippen MR) is 54.9 cm³/mol. The summed E-state index contributed by atoms with van der Waals surface area (Å²) in [5.74, 6) is 1.57. The van der Waals surface area contributed by atoms with Crippen molar-refractivity contribution in [3.8, 4) is 0 Å². The number of hydrogen-bond acceptors (Lipinski definition) is 3. The van der Waals surface area contributed by atoms with Gasteiger partial charge in [0, 0.05) is 6.42 Å². The Kier molecular flexibility index (Phi) is 4.22. The van der Waals surface area contributed by atoms with Crippen molar-refractivity contribution in [2.45, 2.75) is 39.2 Å². The zero-order valence-corrected chi connectivity index (χ0v) is 8.62. The van der Waals surface area contributed by atoms with Crippen LogP contribution < -0.4 is 5.73 Å². The molecule has 1 aliphatic rings. The number of nitrogens with two attached hydrogens (primary N) is 1. The molecule has 1 atom stereocenters. The third-order valence-corrected chi connectivity index (χ3v) is 2.09. The molecule has 3 nitrogen and oxygen atoms in total. The first-order valence-corrected chi connectivity index (χ1v) is 5.12. The van der Waals surface area contributed by atoms with Crippen LogP contribution in [0.2, 0.25) is 0 Å². The Morgan fingerprint density at radius 3 is 3.00 bits per heavy atom. The minimum Gasteiger partial charge on any atom is -0.476 e. The van der Waals surface area contributed by atoms with Gasteiger partial charge in [-0.3, -0.25) is 4.99 Å². The minimum absolute atomic E-state index is 0.303. The number of aliphatic imine (C=N–C) groups is 1. The van der Waals surface area contributed by atoms with E-state index in [4.69, 9.17) is 10.5 Å². The fraction of sp³-hybridized carbons (Fsp3) is 0.900. The molecule has 0 fully saturated rings. The van der Waals surface area contributed by atoms with E-state index in [9.17, 15) is 0 Å². The molecular weight excluding hydrogens is 164 g/mol. The lowest BCUT2D eigenvalue weighted by atomic mass is 10.1. The van der Waals surface area contributed by atoms with Gasteiger partial charge in [-0.15, -0.1) is 0 Å². The lowest BCUT2D eigenvalue weighted by Gasteiger charge is -2.11. The van der Waals surface area contributed by atoms with E-state index in [1.807, 2.05) is 0 Å². The predicted octanol–water partition coefficient (Wildman–Crippen LogP) is 1.57. The molecular formula is C10H20N2O. The smallest absolute Gasteiger partial charge is 0.183 e. The van der Waals surface area contributed by atoms with Crippen LogP contribution in [-0.2, 0) is 4.74 Å². The molecule has 0 bridgehead atoms. The maximum Gasteiger partial charge on any atom is 0.183 e. The zero-order valence-electron chi connectivity index (χ0n) is 8.62. The van der Waals surface area contributed by atoms with Crippen molar-refractivity contribution in [2.75, 3.05) is 13.1 Å². The van der Waals surface area contributed by atoms with Crippen molar-refractivity contribution in [2.24, 2.45) is 16.6 Å². The molecule has 0 aromatic heterocycles. The molecule has 0 radical (unpaired) electrons. The molecule has 2 N–H and O–H groups in total. The van der Waals surface area contributed by atoms with Crippen molar-refractivity contribution in [3.05, 3.63) is 0 Å². The number of rotatable bonds is 5. The maximum absolute atomic E-state index is 5.67. The van der Waals surface area contributed by atoms with E-state index in [2.05, 4.69) is 18.8 Å². The molecule has 0 aromatic rings. The van der Waals surface area contributed by atoms with Crippen molar-refractivity contribution >= 4 is 5.90 Å². The van der Waals surface area contributed by atoms with Gasteiger partial charge in [0.1, 0.15) is 6.10 Å². The highest BCUT2D eigenvalue weighted by Gasteiger charge is 2.19. The molecule has 0 saturated heterocycles. The quantitative estimate of drug-likeness (QED) is 0.705. The third-order valence-electron chi connectivity index (χ3n) is 2.09. The molecule has 1 aliphatic heterocycles. The molecule has 76 valence electrons. The summed E-state index contributed by atoms with van der Waals surface area (Å²) >= 11 is 0. The van der Waals surface area contributed by atoms with Crippen molar-refractivity contribution in [1.82, 2.24) is 0 Å². The molecule has 13 heavy (non-hydrogen) atoms. The molecule has 1 heterocycles. The Morgan fingerprint density at radius 1 is 1.62 bits per heavy atom. The summed E-state index contributed by atoms with van der Waals surface area (Å²) in [7, 11) is 0. The van der Waals surface area contributed by atoms with Crippen LogP contribution in [0.4, 0.5) is 0 Å². The van der Waals surface area contributed by atoms with Gasteiger partial charge in [0.15, 0.2) is 5.90 Å². The molecule has 0 amide bonds. The second-order valence-corrected chi connectivity index (χ2v) is 4.00. The van der Waals surface area contributed by atoms with Crippen LogP contribution in [0.25, 0.3) is 0 Å². The Bertz CT molecular complexity index is 178. The molecule has 0 saturated carbocycles. The fourth-order valence-corrected chi connectivity index (χ4v) is 1.43. The Labute approximate surface area is 80.4 Å². The zero-order chi connectivity index (χ0) is 9.68. The van der Waals surface area contributed by atoms with Gasteiger partial charge in [0.05, 0.1) is 6.54 Å². The highest BCUT2D eigenvalue weighted by Crippen LogP contribution is 2.14. The van der Waals surface area contributed by atoms with Crippen molar-refractivity contribution in [3.63, 3.8) is 0 Å². The van der Waals surface area contributed by atoms with E-state index >= 15 is 0 Å². The van der Waals surface area contributed by atoms with E-state index < -0.39 is 0 Å². The standard InChI is InChI=1S/C10H20N2O/c1-8(2)6-10-12-7-9(13-10)4-3-5-11/h8-9H,3-7,11H2,1-2H3. The number of ether oxygens (including phenoxy) is 1. The van der Waals surface area contributed by atoms with Crippen LogP contribution in [0.3, 0.4) is 0 Å². The summed E-state index contributed by atoms with van der Waals surface area (Å²) < 4.78 is 5.67. The first-order valence-electron chi connectivity index (χ1n) is 5.12. The van der Waals surface area contributed by atoms with Gasteiger partial charge in [-0.05, 0) is 25.3 Å². The SMILES string of the molecule is CC(C)CC1=NCC(CCCN)O1. The highest BCUT2D eigenvalue weighted by molar-refractivity contribution is 5.77. The maximum atomic E-state index is 5.67. The number of nitrogens with zero attached hydrogens (tertiary/aromatic N) is 1. The topological polar surface area (TPSA) is 47.6 Å². The van der Waals surface area contributed by atoms with Crippen LogP contribution >= 0.6 is 0 Å². The normalized spacial score (nSPS) is 21.8. The molecule has 0 aliphatic carbocycles. The van der Waals surface area contributed by atoms with Gasteiger partial charge in [-0.1, -0.05) is 13.8 Å². The first kappa shape index (κ1) is 10.5. The van der Waals surface area contributed by atoms with Gasteiger partial charge in [-0.2, -0.15) is 0 Å². The van der Waals surface area contributed by atoms with Crippen LogP contribution in [0, 0.1) is 5.92 Å². The van der Waals surface area contributed by atoms with E-state index in [0.29, 0.717) is 12.0 Å². The van der Waals surface area contributed by atoms with Crippen molar-refractivity contribution < 1.29 is 4.74 Å². The van der Waals surface area contributed by atoms with Crippen LogP contribution in [0.1, 0.15) is 33.1 Å². The summed E-state index contributed by atoms with van der Waals surface area (Å²) in [5.41, 5.74) is 5.43.